The molecule has 7 aromatic carbocycles. The fraction of sp³-hybridized carbons (Fsp3) is 0.309. The minimum Gasteiger partial charge on any atom is -0.507 e. The molecule has 0 amide bonds. The van der Waals surface area contributed by atoms with Crippen molar-refractivity contribution >= 4 is 73.4 Å². The summed E-state index contributed by atoms with van der Waals surface area (Å²) in [5.74, 6) is 1.39. The number of phenols is 1. The summed E-state index contributed by atoms with van der Waals surface area (Å²) in [6.45, 7) is 36.8. The van der Waals surface area contributed by atoms with Crippen LogP contribution in [0.5, 0.6) is 5.75 Å². The van der Waals surface area contributed by atoms with E-state index in [1.54, 1.807) is 0 Å². The maximum Gasteiger partial charge on any atom is 0.148 e. The predicted octanol–water partition coefficient (Wildman–Crippen LogP) is 17.9. The second kappa shape index (κ2) is 18.7. The van der Waals surface area contributed by atoms with Crippen LogP contribution >= 0.6 is 0 Å². The van der Waals surface area contributed by atoms with Crippen LogP contribution in [0.1, 0.15) is 130 Å². The summed E-state index contributed by atoms with van der Waals surface area (Å²) < 4.78 is 4.71. The number of nitrogens with zero attached hydrogens (tertiary/aromatic N) is 5. The minimum atomic E-state index is -1.77. The number of fused-ring (bicyclic) bond motifs is 11. The fourth-order valence-corrected chi connectivity index (χ4v) is 12.4. The fourth-order valence-electron chi connectivity index (χ4n) is 11.2. The van der Waals surface area contributed by atoms with E-state index in [1.165, 1.54) is 27.1 Å². The molecule has 6 nitrogen and oxygen atoms in total. The van der Waals surface area contributed by atoms with Gasteiger partial charge in [0.2, 0.25) is 0 Å². The van der Waals surface area contributed by atoms with Crippen LogP contribution in [0.25, 0.3) is 99.6 Å². The van der Waals surface area contributed by atoms with Crippen molar-refractivity contribution < 1.29 is 26.2 Å². The Bertz CT molecular complexity index is 4100. The number of hydrogen-bond donors (Lipinski definition) is 1. The van der Waals surface area contributed by atoms with E-state index in [9.17, 15) is 5.11 Å². The number of phenolic OH excluding ortho intramolecular Hbond substituents is 1. The van der Waals surface area contributed by atoms with Crippen LogP contribution in [0.2, 0.25) is 19.6 Å². The van der Waals surface area contributed by atoms with Crippen LogP contribution in [0.15, 0.2) is 128 Å². The monoisotopic (exact) mass is 1200 g/mol. The molecular weight excluding hydrogens is 1130 g/mol. The molecule has 76 heavy (non-hydrogen) atoms. The molecule has 390 valence electrons. The number of para-hydroxylation sites is 1. The first-order valence-electron chi connectivity index (χ1n) is 27.0. The van der Waals surface area contributed by atoms with E-state index in [-0.39, 0.29) is 54.9 Å². The number of pyridine rings is 2. The molecule has 0 radical (unpaired) electrons. The Kier molecular flexibility index (Phi) is 13.0. The van der Waals surface area contributed by atoms with Crippen molar-refractivity contribution in [3.05, 3.63) is 161 Å². The Morgan fingerprint density at radius 1 is 0.579 bits per heavy atom. The Labute approximate surface area is 464 Å². The van der Waals surface area contributed by atoms with Gasteiger partial charge in [0.1, 0.15) is 17.2 Å². The number of rotatable bonds is 7. The number of hydrogen-bond acceptors (Lipinski definition) is 4. The van der Waals surface area contributed by atoms with E-state index in [4.69, 9.17) is 15.0 Å². The summed E-state index contributed by atoms with van der Waals surface area (Å²) in [7, 11) is -1.77. The average molecular weight is 1200 g/mol. The number of benzene rings is 7. The van der Waals surface area contributed by atoms with E-state index < -0.39 is 8.07 Å². The maximum atomic E-state index is 12.9. The summed E-state index contributed by atoms with van der Waals surface area (Å²) in [5, 5.41) is 20.0. The summed E-state index contributed by atoms with van der Waals surface area (Å²) in [6, 6.07) is 48.3. The third kappa shape index (κ3) is 8.89. The molecule has 0 aliphatic carbocycles. The summed E-state index contributed by atoms with van der Waals surface area (Å²) in [4.78, 5) is 16.6. The Morgan fingerprint density at radius 2 is 1.16 bits per heavy atom. The molecule has 0 bridgehead atoms. The first-order valence-corrected chi connectivity index (χ1v) is 30.5. The molecular formula is C68H72N5OPtSi-. The van der Waals surface area contributed by atoms with E-state index in [1.807, 2.05) is 6.20 Å². The SMILES string of the molecule is CC(C)c1cc([Si](C)(C)C)cc(C(C)C)c1-n1c(-c2cc(C(C)(C)C)cc(C(C)(C)C)c2O)nc2c(-c3[c-]c(-c4cc5nc6c7ccccc7c7ccccc7n6c5cn4)cc(C(C)(C)C)c3)cc3ccccc3c21.[Pt]. The Hall–Kier alpha value is -6.40. The van der Waals surface area contributed by atoms with Gasteiger partial charge >= 0.3 is 0 Å². The van der Waals surface area contributed by atoms with Crippen molar-refractivity contribution in [1.82, 2.24) is 23.9 Å². The second-order valence-corrected chi connectivity index (χ2v) is 31.0. The Balaban J connectivity index is 0.00000657. The molecule has 0 fully saturated rings. The summed E-state index contributed by atoms with van der Waals surface area (Å²) >= 11 is 0. The van der Waals surface area contributed by atoms with Crippen molar-refractivity contribution in [2.24, 2.45) is 0 Å². The van der Waals surface area contributed by atoms with Crippen LogP contribution in [-0.2, 0) is 37.3 Å². The molecule has 0 saturated heterocycles. The zero-order valence-corrected chi connectivity index (χ0v) is 50.6. The Morgan fingerprint density at radius 3 is 1.78 bits per heavy atom. The molecule has 8 heteroatoms. The van der Waals surface area contributed by atoms with Crippen LogP contribution in [-0.4, -0.2) is 37.1 Å². The van der Waals surface area contributed by atoms with Crippen LogP contribution < -0.4 is 5.19 Å². The van der Waals surface area contributed by atoms with Gasteiger partial charge in [-0.2, -0.15) is 0 Å². The largest absolute Gasteiger partial charge is 0.507 e. The predicted molar refractivity (Wildman–Crippen MR) is 322 cm³/mol. The molecule has 0 aliphatic heterocycles. The van der Waals surface area contributed by atoms with Crippen LogP contribution in [0, 0.1) is 6.07 Å². The first-order chi connectivity index (χ1) is 35.3. The molecule has 1 N–H and O–H groups in total. The average Bonchev–Trinajstić information content (AvgIpc) is 4.03. The topological polar surface area (TPSA) is 68.2 Å². The molecule has 0 aliphatic rings. The standard InChI is InChI=1S/C68H72N5OSi.Pt/c1-39(2)51-35-46(75(14,15)16)36-52(40(3)4)61(51)73-62-47-24-18-17-23-41(47)32-53(60(62)71-65(73)54-33-45(67(8,9)10)34-55(63(54)74)68(11,12)13)42-29-43(31-44(30-42)66(5,6)7)56-37-57-59(38-69-56)72-58-28-22-21-26-49(58)48-25-19-20-27-50(48)64(72)70-57;/h17-28,30-40,74H,1-16H3;/q-1;. The van der Waals surface area contributed by atoms with Gasteiger partial charge in [-0.25, -0.2) is 9.97 Å². The van der Waals surface area contributed by atoms with Gasteiger partial charge in [0.05, 0.1) is 46.9 Å². The van der Waals surface area contributed by atoms with Crippen molar-refractivity contribution in [3.63, 3.8) is 0 Å². The molecule has 4 heterocycles. The molecule has 0 atom stereocenters. The van der Waals surface area contributed by atoms with E-state index in [0.29, 0.717) is 0 Å². The van der Waals surface area contributed by atoms with Gasteiger partial charge in [0.25, 0.3) is 0 Å². The molecule has 0 spiro atoms. The maximum absolute atomic E-state index is 12.9. The molecule has 0 unspecified atom stereocenters. The first kappa shape index (κ1) is 53.0. The van der Waals surface area contributed by atoms with Gasteiger partial charge < -0.3 is 5.11 Å². The quantitative estimate of drug-likeness (QED) is 0.0981. The summed E-state index contributed by atoms with van der Waals surface area (Å²) in [5.41, 5.74) is 16.2. The van der Waals surface area contributed by atoms with E-state index in [0.717, 1.165) is 106 Å². The van der Waals surface area contributed by atoms with Crippen LogP contribution in [0.3, 0.4) is 0 Å². The second-order valence-electron chi connectivity index (χ2n) is 25.9. The van der Waals surface area contributed by atoms with Crippen molar-refractivity contribution in [3.8, 4) is 45.2 Å². The molecule has 4 aromatic heterocycles. The molecule has 11 rings (SSSR count). The van der Waals surface area contributed by atoms with E-state index in [2.05, 4.69) is 246 Å². The normalized spacial score (nSPS) is 12.9. The van der Waals surface area contributed by atoms with Gasteiger partial charge in [-0.1, -0.05) is 217 Å². The van der Waals surface area contributed by atoms with Gasteiger partial charge in [0, 0.05) is 54.7 Å². The third-order valence-electron chi connectivity index (χ3n) is 15.6. The van der Waals surface area contributed by atoms with Crippen LogP contribution in [0.4, 0.5) is 0 Å². The third-order valence-corrected chi connectivity index (χ3v) is 17.6. The molecule has 0 saturated carbocycles. The molecule has 11 aromatic rings. The van der Waals surface area contributed by atoms with Gasteiger partial charge in [0.15, 0.2) is 0 Å². The number of aromatic nitrogens is 5. The zero-order chi connectivity index (χ0) is 53.4. The smallest absolute Gasteiger partial charge is 0.148 e. The van der Waals surface area contributed by atoms with Crippen molar-refractivity contribution in [2.75, 3.05) is 0 Å². The minimum absolute atomic E-state index is 0. The number of aromatic hydroxyl groups is 1. The van der Waals surface area contributed by atoms with Crippen molar-refractivity contribution in [1.29, 1.82) is 0 Å². The number of imidazole rings is 2. The van der Waals surface area contributed by atoms with Crippen molar-refractivity contribution in [2.45, 2.75) is 138 Å². The van der Waals surface area contributed by atoms with E-state index >= 15 is 0 Å². The summed E-state index contributed by atoms with van der Waals surface area (Å²) in [6.07, 6.45) is 1.99. The van der Waals surface area contributed by atoms with Gasteiger partial charge in [-0.3, -0.25) is 14.0 Å². The zero-order valence-electron chi connectivity index (χ0n) is 47.3. The van der Waals surface area contributed by atoms with Gasteiger partial charge in [-0.15, -0.1) is 29.3 Å². The van der Waals surface area contributed by atoms with Gasteiger partial charge in [-0.05, 0) is 73.7 Å².